The lowest BCUT2D eigenvalue weighted by atomic mass is 10.2. The third-order valence-electron chi connectivity index (χ3n) is 3.77. The van der Waals surface area contributed by atoms with E-state index in [1.54, 1.807) is 26.4 Å². The lowest BCUT2D eigenvalue weighted by molar-refractivity contribution is -0.116. The number of ether oxygens (including phenoxy) is 2. The van der Waals surface area contributed by atoms with Crippen molar-refractivity contribution in [2.24, 2.45) is 4.99 Å². The van der Waals surface area contributed by atoms with Crippen LogP contribution in [0.25, 0.3) is 0 Å². The Morgan fingerprint density at radius 1 is 1.18 bits per heavy atom. The van der Waals surface area contributed by atoms with E-state index >= 15 is 0 Å². The highest BCUT2D eigenvalue weighted by Crippen LogP contribution is 2.30. The number of carbonyl (C=O) groups excluding carboxylic acids is 1. The summed E-state index contributed by atoms with van der Waals surface area (Å²) in [5.74, 6) is 2.28. The van der Waals surface area contributed by atoms with Crippen molar-refractivity contribution in [3.8, 4) is 11.5 Å². The second-order valence-electron chi connectivity index (χ2n) is 5.94. The van der Waals surface area contributed by atoms with Crippen molar-refractivity contribution in [3.63, 3.8) is 0 Å². The molecule has 1 heterocycles. The fourth-order valence-corrected chi connectivity index (χ4v) is 2.38. The molecule has 1 amide bonds. The van der Waals surface area contributed by atoms with Crippen LogP contribution in [0.3, 0.4) is 0 Å². The van der Waals surface area contributed by atoms with Crippen LogP contribution in [0, 0.1) is 6.92 Å². The SMILES string of the molecule is CCOc1cc(NC(=NC)NCCC(=O)Nc2ccc(C)cn2)ccc1OC. The Balaban J connectivity index is 1.85. The predicted octanol–water partition coefficient (Wildman–Crippen LogP) is 2.81. The molecule has 8 nitrogen and oxygen atoms in total. The van der Waals surface area contributed by atoms with Crippen LogP contribution in [-0.2, 0) is 4.79 Å². The molecule has 0 aliphatic rings. The zero-order valence-corrected chi connectivity index (χ0v) is 16.7. The van der Waals surface area contributed by atoms with Gasteiger partial charge in [0.05, 0.1) is 13.7 Å². The smallest absolute Gasteiger partial charge is 0.227 e. The molecular weight excluding hydrogens is 358 g/mol. The first-order chi connectivity index (χ1) is 13.5. The van der Waals surface area contributed by atoms with Crippen LogP contribution in [0.2, 0.25) is 0 Å². The molecule has 0 bridgehead atoms. The monoisotopic (exact) mass is 385 g/mol. The summed E-state index contributed by atoms with van der Waals surface area (Å²) in [5.41, 5.74) is 1.84. The number of pyridine rings is 1. The average molecular weight is 385 g/mol. The van der Waals surface area contributed by atoms with Crippen LogP contribution >= 0.6 is 0 Å². The van der Waals surface area contributed by atoms with Gasteiger partial charge in [-0.05, 0) is 37.6 Å². The predicted molar refractivity (Wildman–Crippen MR) is 111 cm³/mol. The number of nitrogens with zero attached hydrogens (tertiary/aromatic N) is 2. The number of carbonyl (C=O) groups is 1. The second kappa shape index (κ2) is 10.8. The first kappa shape index (κ1) is 21.0. The van der Waals surface area contributed by atoms with Crippen molar-refractivity contribution < 1.29 is 14.3 Å². The van der Waals surface area contributed by atoms with Crippen molar-refractivity contribution >= 4 is 23.4 Å². The summed E-state index contributed by atoms with van der Waals surface area (Å²) in [4.78, 5) is 20.4. The molecule has 28 heavy (non-hydrogen) atoms. The van der Waals surface area contributed by atoms with Crippen molar-refractivity contribution in [1.82, 2.24) is 10.3 Å². The highest BCUT2D eigenvalue weighted by molar-refractivity contribution is 5.94. The van der Waals surface area contributed by atoms with E-state index < -0.39 is 0 Å². The maximum Gasteiger partial charge on any atom is 0.227 e. The van der Waals surface area contributed by atoms with Gasteiger partial charge in [0.15, 0.2) is 17.5 Å². The lowest BCUT2D eigenvalue weighted by Crippen LogP contribution is -2.33. The first-order valence-electron chi connectivity index (χ1n) is 9.06. The van der Waals surface area contributed by atoms with E-state index in [0.29, 0.717) is 36.4 Å². The van der Waals surface area contributed by atoms with E-state index in [9.17, 15) is 4.79 Å². The quantitative estimate of drug-likeness (QED) is 0.478. The first-order valence-corrected chi connectivity index (χ1v) is 9.06. The number of aryl methyl sites for hydroxylation is 1. The Morgan fingerprint density at radius 3 is 2.64 bits per heavy atom. The minimum Gasteiger partial charge on any atom is -0.493 e. The third-order valence-corrected chi connectivity index (χ3v) is 3.77. The standard InChI is InChI=1S/C20H27N5O3/c1-5-28-17-12-15(7-8-16(17)27-4)24-20(21-3)22-11-10-19(26)25-18-9-6-14(2)13-23-18/h6-9,12-13H,5,10-11H2,1-4H3,(H2,21,22,24)(H,23,25,26). The molecule has 150 valence electrons. The minimum absolute atomic E-state index is 0.123. The van der Waals surface area contributed by atoms with Gasteiger partial charge in [-0.15, -0.1) is 0 Å². The van der Waals surface area contributed by atoms with Crippen LogP contribution in [0.15, 0.2) is 41.5 Å². The number of hydrogen-bond acceptors (Lipinski definition) is 5. The zero-order chi connectivity index (χ0) is 20.4. The molecule has 8 heteroatoms. The van der Waals surface area contributed by atoms with E-state index in [4.69, 9.17) is 9.47 Å². The summed E-state index contributed by atoms with van der Waals surface area (Å²) >= 11 is 0. The minimum atomic E-state index is -0.123. The zero-order valence-electron chi connectivity index (χ0n) is 16.7. The molecule has 0 atom stereocenters. The summed E-state index contributed by atoms with van der Waals surface area (Å²) in [5, 5.41) is 9.04. The number of rotatable bonds is 8. The number of methoxy groups -OCH3 is 1. The number of anilines is 2. The molecule has 0 aliphatic carbocycles. The Labute approximate surface area is 165 Å². The van der Waals surface area contributed by atoms with Gasteiger partial charge in [0.2, 0.25) is 5.91 Å². The van der Waals surface area contributed by atoms with Crippen LogP contribution in [0.1, 0.15) is 18.9 Å². The Bertz CT molecular complexity index is 806. The number of aliphatic imine (C=N–C) groups is 1. The maximum atomic E-state index is 12.0. The summed E-state index contributed by atoms with van der Waals surface area (Å²) in [7, 11) is 3.27. The molecule has 0 fully saturated rings. The van der Waals surface area contributed by atoms with Crippen LogP contribution in [0.4, 0.5) is 11.5 Å². The number of nitrogens with one attached hydrogen (secondary N) is 3. The fraction of sp³-hybridized carbons (Fsp3) is 0.350. The van der Waals surface area contributed by atoms with Gasteiger partial charge in [-0.3, -0.25) is 9.79 Å². The van der Waals surface area contributed by atoms with Crippen molar-refractivity contribution in [2.75, 3.05) is 37.9 Å². The molecule has 0 spiro atoms. The van der Waals surface area contributed by atoms with Gasteiger partial charge in [-0.25, -0.2) is 4.98 Å². The molecule has 2 aromatic rings. The van der Waals surface area contributed by atoms with Gasteiger partial charge < -0.3 is 25.4 Å². The van der Waals surface area contributed by atoms with E-state index in [-0.39, 0.29) is 12.3 Å². The number of guanidine groups is 1. The number of benzene rings is 1. The van der Waals surface area contributed by atoms with Gasteiger partial charge in [-0.1, -0.05) is 6.07 Å². The molecule has 3 N–H and O–H groups in total. The summed E-state index contributed by atoms with van der Waals surface area (Å²) < 4.78 is 10.9. The van der Waals surface area contributed by atoms with Crippen molar-refractivity contribution in [2.45, 2.75) is 20.3 Å². The maximum absolute atomic E-state index is 12.0. The van der Waals surface area contributed by atoms with Gasteiger partial charge in [-0.2, -0.15) is 0 Å². The molecule has 1 aromatic carbocycles. The van der Waals surface area contributed by atoms with Crippen LogP contribution < -0.4 is 25.4 Å². The van der Waals surface area contributed by atoms with E-state index in [1.807, 2.05) is 38.1 Å². The Morgan fingerprint density at radius 2 is 2.00 bits per heavy atom. The normalized spacial score (nSPS) is 10.9. The highest BCUT2D eigenvalue weighted by Gasteiger charge is 2.08. The molecule has 0 aliphatic heterocycles. The van der Waals surface area contributed by atoms with E-state index in [0.717, 1.165) is 11.3 Å². The molecule has 0 radical (unpaired) electrons. The largest absolute Gasteiger partial charge is 0.493 e. The second-order valence-corrected chi connectivity index (χ2v) is 5.94. The van der Waals surface area contributed by atoms with Crippen LogP contribution in [0.5, 0.6) is 11.5 Å². The Hall–Kier alpha value is -3.29. The van der Waals surface area contributed by atoms with Gasteiger partial charge in [0.25, 0.3) is 0 Å². The molecule has 2 rings (SSSR count). The van der Waals surface area contributed by atoms with Crippen LogP contribution in [-0.4, -0.2) is 44.2 Å². The van der Waals surface area contributed by atoms with Crippen molar-refractivity contribution in [1.29, 1.82) is 0 Å². The topological polar surface area (TPSA) is 96.9 Å². The third kappa shape index (κ3) is 6.46. The molecule has 0 saturated carbocycles. The summed E-state index contributed by atoms with van der Waals surface area (Å²) in [6.07, 6.45) is 1.99. The highest BCUT2D eigenvalue weighted by atomic mass is 16.5. The van der Waals surface area contributed by atoms with E-state index in [1.165, 1.54) is 0 Å². The number of hydrogen-bond donors (Lipinski definition) is 3. The summed E-state index contributed by atoms with van der Waals surface area (Å²) in [6.45, 7) is 4.82. The lowest BCUT2D eigenvalue weighted by Gasteiger charge is -2.14. The average Bonchev–Trinajstić information content (AvgIpc) is 2.69. The van der Waals surface area contributed by atoms with Gasteiger partial charge in [0, 0.05) is 38.0 Å². The Kier molecular flexibility index (Phi) is 8.08. The summed E-state index contributed by atoms with van der Waals surface area (Å²) in [6, 6.07) is 9.20. The number of amides is 1. The molecule has 0 saturated heterocycles. The molecular formula is C20H27N5O3. The van der Waals surface area contributed by atoms with E-state index in [2.05, 4.69) is 25.9 Å². The number of aromatic nitrogens is 1. The van der Waals surface area contributed by atoms with Gasteiger partial charge in [0.1, 0.15) is 5.82 Å². The van der Waals surface area contributed by atoms with Crippen molar-refractivity contribution in [3.05, 3.63) is 42.1 Å². The fourth-order valence-electron chi connectivity index (χ4n) is 2.38. The molecule has 1 aromatic heterocycles. The van der Waals surface area contributed by atoms with Gasteiger partial charge >= 0.3 is 0 Å². The molecule has 0 unspecified atom stereocenters.